The van der Waals surface area contributed by atoms with E-state index in [0.29, 0.717) is 24.3 Å². The first-order valence-electron chi connectivity index (χ1n) is 16.3. The number of nitrogens with one attached hydrogen (secondary N) is 3. The number of rotatable bonds is 11. The van der Waals surface area contributed by atoms with Gasteiger partial charge in [-0.1, -0.05) is 38.7 Å². The second-order valence-electron chi connectivity index (χ2n) is 12.6. The topological polar surface area (TPSA) is 129 Å². The van der Waals surface area contributed by atoms with Crippen LogP contribution in [0.1, 0.15) is 87.8 Å². The maximum absolute atomic E-state index is 15.5. The first-order valence-corrected chi connectivity index (χ1v) is 16.3. The Morgan fingerprint density at radius 2 is 1.67 bits per heavy atom. The number of aromatic nitrogens is 2. The number of hydrogen-bond donors (Lipinski definition) is 3. The molecule has 2 aromatic rings. The number of carbonyl (C=O) groups is 4. The summed E-state index contributed by atoms with van der Waals surface area (Å²) in [7, 11) is 2.00. The van der Waals surface area contributed by atoms with Crippen molar-refractivity contribution in [3.8, 4) is 0 Å². The Labute approximate surface area is 265 Å². The second kappa shape index (κ2) is 16.0. The molecular weight excluding hydrogens is 577 g/mol. The third kappa shape index (κ3) is 9.12. The van der Waals surface area contributed by atoms with E-state index in [0.717, 1.165) is 51.6 Å². The molecule has 1 aromatic heterocycles. The predicted octanol–water partition coefficient (Wildman–Crippen LogP) is 3.52. The highest BCUT2D eigenvalue weighted by Crippen LogP contribution is 2.27. The molecule has 2 heterocycles. The summed E-state index contributed by atoms with van der Waals surface area (Å²) >= 11 is 0. The van der Waals surface area contributed by atoms with Gasteiger partial charge < -0.3 is 25.8 Å². The van der Waals surface area contributed by atoms with Gasteiger partial charge in [-0.15, -0.1) is 0 Å². The number of anilines is 1. The minimum atomic E-state index is -0.847. The van der Waals surface area contributed by atoms with Gasteiger partial charge in [-0.05, 0) is 63.4 Å². The van der Waals surface area contributed by atoms with Crippen LogP contribution in [0.3, 0.4) is 0 Å². The fraction of sp³-hybridized carbons (Fsp3) is 0.606. The van der Waals surface area contributed by atoms with Gasteiger partial charge in [0.15, 0.2) is 0 Å². The van der Waals surface area contributed by atoms with Crippen LogP contribution in [0.25, 0.3) is 0 Å². The molecule has 246 valence electrons. The number of benzene rings is 1. The van der Waals surface area contributed by atoms with Crippen LogP contribution in [0.2, 0.25) is 0 Å². The summed E-state index contributed by atoms with van der Waals surface area (Å²) in [6.45, 7) is 8.17. The lowest BCUT2D eigenvalue weighted by atomic mass is 9.91. The van der Waals surface area contributed by atoms with E-state index in [9.17, 15) is 19.2 Å². The molecule has 1 aliphatic heterocycles. The molecular formula is C33H48FN7O4. The lowest BCUT2D eigenvalue weighted by Crippen LogP contribution is -2.54. The average molecular weight is 626 g/mol. The highest BCUT2D eigenvalue weighted by molar-refractivity contribution is 6.00. The maximum atomic E-state index is 15.5. The zero-order valence-electron chi connectivity index (χ0n) is 27.0. The van der Waals surface area contributed by atoms with Crippen molar-refractivity contribution in [2.45, 2.75) is 90.3 Å². The zero-order chi connectivity index (χ0) is 32.5. The van der Waals surface area contributed by atoms with Crippen LogP contribution in [0.4, 0.5) is 10.1 Å². The molecule has 1 saturated heterocycles. The number of piperazine rings is 1. The number of nitrogens with zero attached hydrogens (tertiary/aromatic N) is 4. The molecule has 4 rings (SSSR count). The second-order valence-corrected chi connectivity index (χ2v) is 12.6. The minimum absolute atomic E-state index is 0.0108. The van der Waals surface area contributed by atoms with Crippen molar-refractivity contribution in [1.29, 1.82) is 0 Å². The van der Waals surface area contributed by atoms with E-state index >= 15 is 4.39 Å². The first kappa shape index (κ1) is 34.1. The Bertz CT molecular complexity index is 1330. The van der Waals surface area contributed by atoms with E-state index in [1.807, 2.05) is 20.9 Å². The smallest absolute Gasteiger partial charge is 0.270 e. The Morgan fingerprint density at radius 3 is 2.29 bits per heavy atom. The van der Waals surface area contributed by atoms with Crippen molar-refractivity contribution >= 4 is 29.3 Å². The SMILES string of the molecule is CCC(=O)NC(Cc1ccc(NC(=O)C(NC(=O)c2ccnn2C(C)C)C2CCCCCC2)c(F)c1)C(=O)N1CCN(C)CC1. The van der Waals surface area contributed by atoms with Crippen molar-refractivity contribution in [1.82, 2.24) is 30.2 Å². The van der Waals surface area contributed by atoms with Crippen LogP contribution >= 0.6 is 0 Å². The van der Waals surface area contributed by atoms with E-state index in [1.165, 1.54) is 12.1 Å². The number of amides is 4. The molecule has 1 saturated carbocycles. The van der Waals surface area contributed by atoms with Crippen molar-refractivity contribution < 1.29 is 23.6 Å². The zero-order valence-corrected chi connectivity index (χ0v) is 27.0. The monoisotopic (exact) mass is 625 g/mol. The molecule has 2 fully saturated rings. The Morgan fingerprint density at radius 1 is 0.978 bits per heavy atom. The van der Waals surface area contributed by atoms with Gasteiger partial charge in [0.05, 0.1) is 5.69 Å². The van der Waals surface area contributed by atoms with Gasteiger partial charge in [0.25, 0.3) is 5.91 Å². The van der Waals surface area contributed by atoms with Gasteiger partial charge >= 0.3 is 0 Å². The van der Waals surface area contributed by atoms with Crippen molar-refractivity contribution in [2.75, 3.05) is 38.5 Å². The molecule has 12 heteroatoms. The molecule has 2 aliphatic rings. The number of halogens is 1. The molecule has 3 N–H and O–H groups in total. The summed E-state index contributed by atoms with van der Waals surface area (Å²) in [5.41, 5.74) is 0.871. The molecule has 11 nitrogen and oxygen atoms in total. The molecule has 4 amide bonds. The first-order chi connectivity index (χ1) is 21.6. The van der Waals surface area contributed by atoms with E-state index in [1.54, 1.807) is 34.8 Å². The maximum Gasteiger partial charge on any atom is 0.270 e. The molecule has 45 heavy (non-hydrogen) atoms. The van der Waals surface area contributed by atoms with E-state index < -0.39 is 29.7 Å². The third-order valence-corrected chi connectivity index (χ3v) is 8.83. The highest BCUT2D eigenvalue weighted by atomic mass is 19.1. The number of likely N-dealkylation sites (N-methyl/N-ethyl adjacent to an activating group) is 1. The normalized spacial score (nSPS) is 17.8. The number of hydrogen-bond acceptors (Lipinski definition) is 6. The standard InChI is InChI=1S/C33H48FN7O4/c1-5-29(42)36-27(33(45)40-18-16-39(4)17-19-40)21-23-12-13-26(25(34)20-23)37-32(44)30(24-10-8-6-7-9-11-24)38-31(43)28-14-15-35-41(28)22(2)3/h12-15,20,22,24,27,30H,5-11,16-19,21H2,1-4H3,(H,36,42)(H,37,44)(H,38,43). The van der Waals surface area contributed by atoms with Crippen molar-refractivity contribution in [2.24, 2.45) is 5.92 Å². The molecule has 0 bridgehead atoms. The minimum Gasteiger partial charge on any atom is -0.344 e. The van der Waals surface area contributed by atoms with Crippen LogP contribution in [-0.2, 0) is 20.8 Å². The molecule has 2 unspecified atom stereocenters. The lowest BCUT2D eigenvalue weighted by molar-refractivity contribution is -0.137. The lowest BCUT2D eigenvalue weighted by Gasteiger charge is -2.34. The van der Waals surface area contributed by atoms with Crippen LogP contribution in [-0.4, -0.2) is 88.5 Å². The Hall–Kier alpha value is -3.80. The van der Waals surface area contributed by atoms with Crippen LogP contribution in [0.5, 0.6) is 0 Å². The molecule has 1 aromatic carbocycles. The van der Waals surface area contributed by atoms with Gasteiger partial charge in [0, 0.05) is 51.3 Å². The Balaban J connectivity index is 1.49. The van der Waals surface area contributed by atoms with E-state index in [4.69, 9.17) is 0 Å². The largest absolute Gasteiger partial charge is 0.344 e. The summed E-state index contributed by atoms with van der Waals surface area (Å²) < 4.78 is 17.1. The summed E-state index contributed by atoms with van der Waals surface area (Å²) in [6.07, 6.45) is 7.54. The highest BCUT2D eigenvalue weighted by Gasteiger charge is 2.33. The van der Waals surface area contributed by atoms with Gasteiger partial charge in [-0.3, -0.25) is 23.9 Å². The van der Waals surface area contributed by atoms with Gasteiger partial charge in [0.1, 0.15) is 23.6 Å². The van der Waals surface area contributed by atoms with Crippen molar-refractivity contribution in [3.63, 3.8) is 0 Å². The van der Waals surface area contributed by atoms with Crippen molar-refractivity contribution in [3.05, 3.63) is 47.5 Å². The van der Waals surface area contributed by atoms with Gasteiger partial charge in [-0.2, -0.15) is 5.10 Å². The Kier molecular flexibility index (Phi) is 12.1. The van der Waals surface area contributed by atoms with Gasteiger partial charge in [-0.25, -0.2) is 4.39 Å². The van der Waals surface area contributed by atoms with Crippen LogP contribution in [0, 0.1) is 11.7 Å². The molecule has 1 aliphatic carbocycles. The average Bonchev–Trinajstić information content (AvgIpc) is 3.37. The fourth-order valence-corrected chi connectivity index (χ4v) is 6.14. The van der Waals surface area contributed by atoms with Gasteiger partial charge in [0.2, 0.25) is 17.7 Å². The summed E-state index contributed by atoms with van der Waals surface area (Å²) in [6, 6.07) is 4.34. The summed E-state index contributed by atoms with van der Waals surface area (Å²) in [5, 5.41) is 12.7. The number of carbonyl (C=O) groups excluding carboxylic acids is 4. The fourth-order valence-electron chi connectivity index (χ4n) is 6.14. The predicted molar refractivity (Wildman–Crippen MR) is 170 cm³/mol. The van der Waals surface area contributed by atoms with E-state index in [2.05, 4.69) is 25.9 Å². The van der Waals surface area contributed by atoms with E-state index in [-0.39, 0.29) is 42.3 Å². The third-order valence-electron chi connectivity index (χ3n) is 8.83. The van der Waals surface area contributed by atoms with Crippen LogP contribution in [0.15, 0.2) is 30.5 Å². The quantitative estimate of drug-likeness (QED) is 0.328. The van der Waals surface area contributed by atoms with Crippen LogP contribution < -0.4 is 16.0 Å². The molecule has 0 radical (unpaired) electrons. The molecule has 0 spiro atoms. The summed E-state index contributed by atoms with van der Waals surface area (Å²) in [5.74, 6) is -2.06. The summed E-state index contributed by atoms with van der Waals surface area (Å²) in [4.78, 5) is 56.5. The molecule has 2 atom stereocenters.